The summed E-state index contributed by atoms with van der Waals surface area (Å²) in [4.78, 5) is 11.7. The van der Waals surface area contributed by atoms with Crippen LogP contribution in [0.25, 0.3) is 0 Å². The van der Waals surface area contributed by atoms with Crippen LogP contribution in [0.4, 0.5) is 5.69 Å². The van der Waals surface area contributed by atoms with E-state index < -0.39 is 6.29 Å². The summed E-state index contributed by atoms with van der Waals surface area (Å²) in [6, 6.07) is 4.67. The summed E-state index contributed by atoms with van der Waals surface area (Å²) in [5, 5.41) is 3.07. The zero-order valence-electron chi connectivity index (χ0n) is 9.70. The van der Waals surface area contributed by atoms with Crippen LogP contribution in [-0.4, -0.2) is 33.0 Å². The van der Waals surface area contributed by atoms with Gasteiger partial charge < -0.3 is 20.5 Å². The first kappa shape index (κ1) is 13.8. The lowest BCUT2D eigenvalue weighted by molar-refractivity contribution is -0.0974. The van der Waals surface area contributed by atoms with Gasteiger partial charge in [-0.3, -0.25) is 4.79 Å². The molecule has 6 heteroatoms. The average Bonchev–Trinajstić information content (AvgIpc) is 2.28. The number of rotatable bonds is 5. The Hall–Kier alpha value is -1.30. The average molecular weight is 259 g/mol. The molecule has 0 saturated heterocycles. The van der Waals surface area contributed by atoms with Gasteiger partial charge in [0, 0.05) is 30.5 Å². The maximum Gasteiger partial charge on any atom is 0.251 e. The molecule has 0 spiro atoms. The molecule has 0 atom stereocenters. The largest absolute Gasteiger partial charge is 0.399 e. The molecule has 17 heavy (non-hydrogen) atoms. The molecule has 94 valence electrons. The number of anilines is 1. The lowest BCUT2D eigenvalue weighted by Gasteiger charge is -2.14. The molecule has 0 aliphatic heterocycles. The van der Waals surface area contributed by atoms with Gasteiger partial charge in [0.2, 0.25) is 0 Å². The second-order valence-electron chi connectivity index (χ2n) is 3.38. The third kappa shape index (κ3) is 4.22. The summed E-state index contributed by atoms with van der Waals surface area (Å²) in [7, 11) is 3.00. The maximum atomic E-state index is 11.7. The van der Waals surface area contributed by atoms with E-state index in [-0.39, 0.29) is 12.5 Å². The maximum absolute atomic E-state index is 11.7. The molecule has 5 nitrogen and oxygen atoms in total. The predicted molar refractivity (Wildman–Crippen MR) is 66.0 cm³/mol. The zero-order chi connectivity index (χ0) is 12.8. The Morgan fingerprint density at radius 3 is 2.59 bits per heavy atom. The van der Waals surface area contributed by atoms with Crippen LogP contribution < -0.4 is 11.1 Å². The minimum absolute atomic E-state index is 0.248. The number of ether oxygens (including phenoxy) is 2. The molecule has 0 unspecified atom stereocenters. The van der Waals surface area contributed by atoms with Crippen molar-refractivity contribution in [1.29, 1.82) is 0 Å². The lowest BCUT2D eigenvalue weighted by atomic mass is 10.2. The van der Waals surface area contributed by atoms with Crippen molar-refractivity contribution < 1.29 is 14.3 Å². The number of hydrogen-bond donors (Lipinski definition) is 2. The number of halogens is 1. The topological polar surface area (TPSA) is 73.6 Å². The van der Waals surface area contributed by atoms with Crippen molar-refractivity contribution in [2.75, 3.05) is 26.5 Å². The number of benzene rings is 1. The van der Waals surface area contributed by atoms with Crippen molar-refractivity contribution in [3.63, 3.8) is 0 Å². The van der Waals surface area contributed by atoms with E-state index in [2.05, 4.69) is 5.32 Å². The van der Waals surface area contributed by atoms with E-state index in [4.69, 9.17) is 26.8 Å². The van der Waals surface area contributed by atoms with Crippen molar-refractivity contribution in [2.45, 2.75) is 6.29 Å². The van der Waals surface area contributed by atoms with Gasteiger partial charge in [-0.1, -0.05) is 11.6 Å². The number of methoxy groups -OCH3 is 2. The first-order chi connectivity index (χ1) is 8.06. The number of carbonyl (C=O) groups excluding carboxylic acids is 1. The molecule has 0 radical (unpaired) electrons. The van der Waals surface area contributed by atoms with Gasteiger partial charge >= 0.3 is 0 Å². The van der Waals surface area contributed by atoms with Crippen LogP contribution in [0.15, 0.2) is 18.2 Å². The molecule has 0 saturated carbocycles. The standard InChI is InChI=1S/C11H15ClN2O3/c1-16-10(17-2)6-14-11(15)7-3-8(12)5-9(13)4-7/h3-5,10H,6,13H2,1-2H3,(H,14,15). The first-order valence-corrected chi connectivity index (χ1v) is 5.34. The van der Waals surface area contributed by atoms with Crippen molar-refractivity contribution in [3.05, 3.63) is 28.8 Å². The molecule has 1 amide bonds. The summed E-state index contributed by atoms with van der Waals surface area (Å²) in [6.07, 6.45) is -0.476. The van der Waals surface area contributed by atoms with E-state index >= 15 is 0 Å². The Balaban J connectivity index is 2.63. The molecule has 0 bridgehead atoms. The Morgan fingerprint density at radius 1 is 1.41 bits per heavy atom. The third-order valence-electron chi connectivity index (χ3n) is 2.14. The monoisotopic (exact) mass is 258 g/mol. The second-order valence-corrected chi connectivity index (χ2v) is 3.82. The minimum atomic E-state index is -0.476. The SMILES string of the molecule is COC(CNC(=O)c1cc(N)cc(Cl)c1)OC. The molecule has 0 heterocycles. The Morgan fingerprint density at radius 2 is 2.06 bits per heavy atom. The van der Waals surface area contributed by atoms with Gasteiger partial charge in [0.1, 0.15) is 0 Å². The molecule has 1 aromatic rings. The van der Waals surface area contributed by atoms with E-state index in [1.54, 1.807) is 18.2 Å². The molecule has 0 aliphatic carbocycles. The normalized spacial score (nSPS) is 10.6. The number of hydrogen-bond acceptors (Lipinski definition) is 4. The molecular formula is C11H15ClN2O3. The van der Waals surface area contributed by atoms with Crippen LogP contribution in [-0.2, 0) is 9.47 Å². The van der Waals surface area contributed by atoms with Gasteiger partial charge in [-0.15, -0.1) is 0 Å². The van der Waals surface area contributed by atoms with Gasteiger partial charge in [-0.2, -0.15) is 0 Å². The molecule has 0 fully saturated rings. The summed E-state index contributed by atoms with van der Waals surface area (Å²) >= 11 is 5.80. The predicted octanol–water partition coefficient (Wildman–Crippen LogP) is 1.27. The Bertz CT molecular complexity index is 374. The van der Waals surface area contributed by atoms with E-state index in [0.29, 0.717) is 16.3 Å². The van der Waals surface area contributed by atoms with Crippen molar-refractivity contribution in [2.24, 2.45) is 0 Å². The van der Waals surface area contributed by atoms with Crippen molar-refractivity contribution in [1.82, 2.24) is 5.32 Å². The highest BCUT2D eigenvalue weighted by Gasteiger charge is 2.10. The summed E-state index contributed by atoms with van der Waals surface area (Å²) in [5.41, 5.74) is 6.44. The Labute approximate surface area is 105 Å². The highest BCUT2D eigenvalue weighted by atomic mass is 35.5. The Kier molecular flexibility index (Phi) is 5.21. The zero-order valence-corrected chi connectivity index (χ0v) is 10.5. The highest BCUT2D eigenvalue weighted by Crippen LogP contribution is 2.16. The molecule has 1 aromatic carbocycles. The van der Waals surface area contributed by atoms with Gasteiger partial charge in [-0.25, -0.2) is 0 Å². The number of nitrogens with one attached hydrogen (secondary N) is 1. The molecule has 1 rings (SSSR count). The molecule has 0 aromatic heterocycles. The van der Waals surface area contributed by atoms with E-state index in [1.165, 1.54) is 14.2 Å². The van der Waals surface area contributed by atoms with Gasteiger partial charge in [0.25, 0.3) is 5.91 Å². The number of carbonyl (C=O) groups is 1. The fraction of sp³-hybridized carbons (Fsp3) is 0.364. The summed E-state index contributed by atoms with van der Waals surface area (Å²) in [6.45, 7) is 0.248. The number of nitrogens with two attached hydrogens (primary N) is 1. The smallest absolute Gasteiger partial charge is 0.251 e. The first-order valence-electron chi connectivity index (χ1n) is 4.96. The van der Waals surface area contributed by atoms with Gasteiger partial charge in [-0.05, 0) is 18.2 Å². The van der Waals surface area contributed by atoms with Crippen LogP contribution in [0.1, 0.15) is 10.4 Å². The summed E-state index contributed by atoms with van der Waals surface area (Å²) < 4.78 is 9.89. The molecular weight excluding hydrogens is 244 g/mol. The fourth-order valence-corrected chi connectivity index (χ4v) is 1.53. The van der Waals surface area contributed by atoms with E-state index in [9.17, 15) is 4.79 Å². The molecule has 3 N–H and O–H groups in total. The van der Waals surface area contributed by atoms with Crippen molar-refractivity contribution in [3.8, 4) is 0 Å². The fourth-order valence-electron chi connectivity index (χ4n) is 1.28. The van der Waals surface area contributed by atoms with E-state index in [0.717, 1.165) is 0 Å². The quantitative estimate of drug-likeness (QED) is 0.616. The third-order valence-corrected chi connectivity index (χ3v) is 2.36. The second kappa shape index (κ2) is 6.44. The van der Waals surface area contributed by atoms with Crippen LogP contribution >= 0.6 is 11.6 Å². The van der Waals surface area contributed by atoms with Crippen LogP contribution in [0, 0.1) is 0 Å². The van der Waals surface area contributed by atoms with Crippen molar-refractivity contribution >= 4 is 23.2 Å². The van der Waals surface area contributed by atoms with Crippen LogP contribution in [0.2, 0.25) is 5.02 Å². The van der Waals surface area contributed by atoms with Crippen LogP contribution in [0.5, 0.6) is 0 Å². The van der Waals surface area contributed by atoms with Gasteiger partial charge in [0.15, 0.2) is 6.29 Å². The summed E-state index contributed by atoms with van der Waals surface area (Å²) in [5.74, 6) is -0.279. The van der Waals surface area contributed by atoms with Crippen LogP contribution in [0.3, 0.4) is 0 Å². The number of nitrogen functional groups attached to an aromatic ring is 1. The van der Waals surface area contributed by atoms with E-state index in [1.807, 2.05) is 0 Å². The molecule has 0 aliphatic rings. The highest BCUT2D eigenvalue weighted by molar-refractivity contribution is 6.31. The number of amides is 1. The van der Waals surface area contributed by atoms with Gasteiger partial charge in [0.05, 0.1) is 6.54 Å². The lowest BCUT2D eigenvalue weighted by Crippen LogP contribution is -2.34. The minimum Gasteiger partial charge on any atom is -0.399 e.